The molecule has 0 atom stereocenters. The summed E-state index contributed by atoms with van der Waals surface area (Å²) in [6.07, 6.45) is 4.03. The van der Waals surface area contributed by atoms with Gasteiger partial charge in [0.1, 0.15) is 0 Å². The van der Waals surface area contributed by atoms with Gasteiger partial charge >= 0.3 is 0 Å². The van der Waals surface area contributed by atoms with Crippen LogP contribution >= 0.6 is 0 Å². The van der Waals surface area contributed by atoms with E-state index in [1.54, 1.807) is 0 Å². The third-order valence-electron chi connectivity index (χ3n) is 4.42. The summed E-state index contributed by atoms with van der Waals surface area (Å²) in [5, 5.41) is 13.0. The molecule has 0 bridgehead atoms. The minimum absolute atomic E-state index is 0. The quantitative estimate of drug-likeness (QED) is 0.141. The predicted octanol–water partition coefficient (Wildman–Crippen LogP) is 5.97. The number of ketones is 1. The van der Waals surface area contributed by atoms with Crippen molar-refractivity contribution in [1.29, 1.82) is 0 Å². The molecule has 4 rings (SSSR count). The molecule has 0 saturated heterocycles. The van der Waals surface area contributed by atoms with Crippen molar-refractivity contribution >= 4 is 38.4 Å². The van der Waals surface area contributed by atoms with Gasteiger partial charge in [-0.3, -0.25) is 9.78 Å². The summed E-state index contributed by atoms with van der Waals surface area (Å²) in [6, 6.07) is 17.9. The first-order valence-corrected chi connectivity index (χ1v) is 9.71. The Labute approximate surface area is 190 Å². The maximum absolute atomic E-state index is 10.0. The molecule has 1 heterocycles. The molecule has 0 fully saturated rings. The molecule has 0 aliphatic carbocycles. The molecule has 4 aromatic rings. The van der Waals surface area contributed by atoms with Gasteiger partial charge < -0.3 is 10.1 Å². The van der Waals surface area contributed by atoms with Gasteiger partial charge in [-0.25, -0.2) is 0 Å². The summed E-state index contributed by atoms with van der Waals surface area (Å²) in [6.45, 7) is 7.26. The molecule has 157 valence electrons. The zero-order valence-electron chi connectivity index (χ0n) is 17.6. The van der Waals surface area contributed by atoms with E-state index in [0.717, 1.165) is 28.5 Å². The third kappa shape index (κ3) is 5.50. The molecule has 3 aromatic carbocycles. The number of fused-ring (bicyclic) bond motifs is 6. The molecular formula is C25H25IrN2O2-. The van der Waals surface area contributed by atoms with Crippen LogP contribution in [0.1, 0.15) is 33.4 Å². The molecular weight excluding hydrogens is 553 g/mol. The summed E-state index contributed by atoms with van der Waals surface area (Å²) in [7, 11) is 0. The van der Waals surface area contributed by atoms with Crippen molar-refractivity contribution in [2.45, 2.75) is 34.1 Å². The number of hydrogen-bond donors (Lipinski definition) is 1. The van der Waals surface area contributed by atoms with Crippen molar-refractivity contribution in [2.24, 2.45) is 5.92 Å². The molecule has 1 radical (unpaired) electrons. The van der Waals surface area contributed by atoms with Gasteiger partial charge in [0.05, 0.1) is 17.0 Å². The van der Waals surface area contributed by atoms with Crippen molar-refractivity contribution in [1.82, 2.24) is 9.97 Å². The van der Waals surface area contributed by atoms with Crippen molar-refractivity contribution in [3.8, 4) is 0 Å². The Hall–Kier alpha value is -2.62. The third-order valence-corrected chi connectivity index (χ3v) is 4.42. The molecule has 0 saturated carbocycles. The van der Waals surface area contributed by atoms with Crippen LogP contribution in [0.2, 0.25) is 0 Å². The average Bonchev–Trinajstić information content (AvgIpc) is 2.67. The number of rotatable bonds is 3. The van der Waals surface area contributed by atoms with E-state index in [1.807, 2.05) is 18.3 Å². The van der Waals surface area contributed by atoms with Crippen LogP contribution in [0.15, 0.2) is 60.5 Å². The van der Waals surface area contributed by atoms with E-state index in [2.05, 4.69) is 50.2 Å². The van der Waals surface area contributed by atoms with Gasteiger partial charge in [-0.2, -0.15) is 0 Å². The monoisotopic (exact) mass is 578 g/mol. The number of carbonyl (C=O) groups excluding carboxylic acids is 1. The Morgan fingerprint density at radius 3 is 2.33 bits per heavy atom. The van der Waals surface area contributed by atoms with Crippen LogP contribution in [0, 0.1) is 12.0 Å². The first-order chi connectivity index (χ1) is 13.9. The first-order valence-electron chi connectivity index (χ1n) is 9.71. The number of nitrogens with zero attached hydrogens (tertiary/aromatic N) is 2. The molecule has 0 aliphatic rings. The Balaban J connectivity index is 0.000000350. The van der Waals surface area contributed by atoms with Gasteiger partial charge in [-0.05, 0) is 31.6 Å². The smallest absolute Gasteiger partial charge is 0.155 e. The van der Waals surface area contributed by atoms with Crippen molar-refractivity contribution in [3.05, 3.63) is 72.3 Å². The predicted molar refractivity (Wildman–Crippen MR) is 119 cm³/mol. The van der Waals surface area contributed by atoms with Gasteiger partial charge in [-0.1, -0.05) is 48.9 Å². The summed E-state index contributed by atoms with van der Waals surface area (Å²) < 4.78 is 0. The fourth-order valence-corrected chi connectivity index (χ4v) is 3.39. The van der Waals surface area contributed by atoms with E-state index in [4.69, 9.17) is 15.1 Å². The minimum Gasteiger partial charge on any atom is -0.512 e. The molecule has 4 nitrogen and oxygen atoms in total. The fourth-order valence-electron chi connectivity index (χ4n) is 3.39. The Kier molecular flexibility index (Phi) is 8.22. The number of allylic oxidation sites excluding steroid dienone is 2. The molecule has 0 spiro atoms. The molecule has 0 unspecified atom stereocenters. The number of aliphatic hydroxyl groups is 1. The second-order valence-electron chi connectivity index (χ2n) is 7.56. The van der Waals surface area contributed by atoms with Gasteiger partial charge in [0.15, 0.2) is 5.78 Å². The minimum atomic E-state index is -0.125. The molecule has 30 heavy (non-hydrogen) atoms. The second-order valence-corrected chi connectivity index (χ2v) is 7.56. The van der Waals surface area contributed by atoms with Gasteiger partial charge in [-0.15, -0.1) is 29.7 Å². The summed E-state index contributed by atoms with van der Waals surface area (Å²) in [5.41, 5.74) is 2.99. The summed E-state index contributed by atoms with van der Waals surface area (Å²) >= 11 is 0. The fraction of sp³-hybridized carbons (Fsp3) is 0.240. The van der Waals surface area contributed by atoms with Crippen LogP contribution in [0.5, 0.6) is 0 Å². The molecule has 1 N–H and O–H groups in total. The SMILES string of the molecule is CC(=O)C=C(C)O.CC(C)Cc1cnc2c3[c-]cccc3c3ccccc3c2n1.[Ir]. The van der Waals surface area contributed by atoms with Crippen LogP contribution in [0.4, 0.5) is 0 Å². The molecule has 0 aliphatic heterocycles. The van der Waals surface area contributed by atoms with Crippen LogP contribution in [-0.2, 0) is 31.3 Å². The standard InChI is InChI=1S/C20H17N2.C5H8O2.Ir/c1-13(2)11-14-12-21-19-17-9-5-3-7-15(17)16-8-4-6-10-18(16)20(19)22-14;1-4(6)3-5(2)7;/h3-8,10,12-13H,11H2,1-2H3;3,6H,1-2H3;/q-1;;. The average molecular weight is 578 g/mol. The van der Waals surface area contributed by atoms with Crippen molar-refractivity contribution < 1.29 is 30.0 Å². The number of hydrogen-bond acceptors (Lipinski definition) is 4. The molecule has 5 heteroatoms. The van der Waals surface area contributed by atoms with E-state index >= 15 is 0 Å². The Morgan fingerprint density at radius 2 is 1.73 bits per heavy atom. The topological polar surface area (TPSA) is 63.1 Å². The van der Waals surface area contributed by atoms with E-state index in [-0.39, 0.29) is 31.6 Å². The number of aromatic nitrogens is 2. The van der Waals surface area contributed by atoms with Gasteiger partial charge in [0, 0.05) is 37.9 Å². The molecule has 0 amide bonds. The van der Waals surface area contributed by atoms with E-state index in [1.165, 1.54) is 36.1 Å². The second kappa shape index (κ2) is 10.4. The van der Waals surface area contributed by atoms with Gasteiger partial charge in [0.2, 0.25) is 0 Å². The van der Waals surface area contributed by atoms with E-state index < -0.39 is 0 Å². The zero-order chi connectivity index (χ0) is 21.0. The maximum Gasteiger partial charge on any atom is 0.155 e. The maximum atomic E-state index is 10.0. The Bertz CT molecular complexity index is 1180. The Morgan fingerprint density at radius 1 is 1.07 bits per heavy atom. The van der Waals surface area contributed by atoms with Crippen LogP contribution in [-0.4, -0.2) is 20.9 Å². The number of aliphatic hydroxyl groups excluding tert-OH is 1. The van der Waals surface area contributed by atoms with E-state index in [9.17, 15) is 4.79 Å². The number of carbonyl (C=O) groups is 1. The van der Waals surface area contributed by atoms with Crippen molar-refractivity contribution in [2.75, 3.05) is 0 Å². The number of benzene rings is 3. The van der Waals surface area contributed by atoms with Crippen molar-refractivity contribution in [3.63, 3.8) is 0 Å². The van der Waals surface area contributed by atoms with Gasteiger partial charge in [0.25, 0.3) is 0 Å². The van der Waals surface area contributed by atoms with Crippen LogP contribution < -0.4 is 0 Å². The van der Waals surface area contributed by atoms with Crippen LogP contribution in [0.3, 0.4) is 0 Å². The normalized spacial score (nSPS) is 11.3. The summed E-state index contributed by atoms with van der Waals surface area (Å²) in [5.74, 6) is 0.512. The first kappa shape index (κ1) is 23.7. The summed E-state index contributed by atoms with van der Waals surface area (Å²) in [4.78, 5) is 19.6. The molecule has 1 aromatic heterocycles. The largest absolute Gasteiger partial charge is 0.512 e. The van der Waals surface area contributed by atoms with Crippen LogP contribution in [0.25, 0.3) is 32.6 Å². The van der Waals surface area contributed by atoms with E-state index in [0.29, 0.717) is 5.92 Å². The zero-order valence-corrected chi connectivity index (χ0v) is 20.0.